The number of carbonyl (C=O) groups excluding carboxylic acids is 1. The van der Waals surface area contributed by atoms with E-state index in [1.54, 1.807) is 0 Å². The number of methoxy groups -OCH3 is 1. The van der Waals surface area contributed by atoms with Gasteiger partial charge in [-0.25, -0.2) is 9.18 Å². The molecule has 104 valence electrons. The summed E-state index contributed by atoms with van der Waals surface area (Å²) in [6.45, 7) is 0. The number of ether oxygens (including phenoxy) is 1. The first kappa shape index (κ1) is 13.8. The van der Waals surface area contributed by atoms with E-state index in [0.29, 0.717) is 0 Å². The van der Waals surface area contributed by atoms with Crippen molar-refractivity contribution in [3.05, 3.63) is 29.6 Å². The summed E-state index contributed by atoms with van der Waals surface area (Å²) in [5, 5.41) is 13.0. The van der Waals surface area contributed by atoms with E-state index in [1.165, 1.54) is 19.2 Å². The minimum absolute atomic E-state index is 0.109. The van der Waals surface area contributed by atoms with Crippen LogP contribution in [-0.4, -0.2) is 24.2 Å². The van der Waals surface area contributed by atoms with Gasteiger partial charge in [-0.3, -0.25) is 5.32 Å². The number of nitrogens with one attached hydrogen (secondary N) is 1. The van der Waals surface area contributed by atoms with Crippen molar-refractivity contribution >= 4 is 5.97 Å². The van der Waals surface area contributed by atoms with E-state index in [2.05, 4.69) is 5.32 Å². The number of hydrogen-bond acceptors (Lipinski definition) is 4. The Bertz CT molecular complexity index is 458. The molecule has 0 aliphatic heterocycles. The number of phenols is 1. The molecule has 0 bridgehead atoms. The first-order valence-electron chi connectivity index (χ1n) is 6.44. The minimum atomic E-state index is -0.830. The van der Waals surface area contributed by atoms with Crippen LogP contribution < -0.4 is 5.32 Å². The number of aromatic hydroxyl groups is 1. The number of halogens is 1. The van der Waals surface area contributed by atoms with Gasteiger partial charge in [-0.15, -0.1) is 0 Å². The predicted octanol–water partition coefficient (Wildman–Crippen LogP) is 2.28. The molecule has 1 aromatic rings. The second-order valence-corrected chi connectivity index (χ2v) is 4.81. The molecule has 0 radical (unpaired) electrons. The largest absolute Gasteiger partial charge is 0.508 e. The van der Waals surface area contributed by atoms with Crippen molar-refractivity contribution in [2.24, 2.45) is 0 Å². The number of carbonyl (C=O) groups is 1. The van der Waals surface area contributed by atoms with E-state index in [1.807, 2.05) is 0 Å². The van der Waals surface area contributed by atoms with Gasteiger partial charge in [-0.2, -0.15) is 0 Å². The van der Waals surface area contributed by atoms with Gasteiger partial charge in [0.1, 0.15) is 17.6 Å². The summed E-state index contributed by atoms with van der Waals surface area (Å²) in [5.41, 5.74) is 0.221. The zero-order valence-corrected chi connectivity index (χ0v) is 10.9. The van der Waals surface area contributed by atoms with E-state index in [0.717, 1.165) is 31.7 Å². The van der Waals surface area contributed by atoms with Crippen LogP contribution in [0.2, 0.25) is 0 Å². The zero-order valence-electron chi connectivity index (χ0n) is 10.9. The normalized spacial score (nSPS) is 17.4. The molecule has 0 amide bonds. The molecule has 1 aromatic carbocycles. The number of hydrogen-bond donors (Lipinski definition) is 2. The lowest BCUT2D eigenvalue weighted by Crippen LogP contribution is -2.36. The zero-order chi connectivity index (χ0) is 13.8. The van der Waals surface area contributed by atoms with Crippen LogP contribution in [0.25, 0.3) is 0 Å². The lowest BCUT2D eigenvalue weighted by Gasteiger charge is -2.22. The molecule has 4 nitrogen and oxygen atoms in total. The summed E-state index contributed by atoms with van der Waals surface area (Å²) < 4.78 is 18.0. The van der Waals surface area contributed by atoms with Crippen LogP contribution in [0.15, 0.2) is 18.2 Å². The molecule has 2 rings (SSSR count). The molecular formula is C14H18FNO3. The second kappa shape index (κ2) is 6.02. The molecule has 0 spiro atoms. The van der Waals surface area contributed by atoms with Crippen molar-refractivity contribution in [1.82, 2.24) is 5.32 Å². The van der Waals surface area contributed by atoms with E-state index in [9.17, 15) is 14.3 Å². The molecule has 19 heavy (non-hydrogen) atoms. The van der Waals surface area contributed by atoms with Gasteiger partial charge in [0.15, 0.2) is 0 Å². The van der Waals surface area contributed by atoms with E-state index < -0.39 is 17.8 Å². The fourth-order valence-electron chi connectivity index (χ4n) is 2.49. The van der Waals surface area contributed by atoms with Gasteiger partial charge in [0.25, 0.3) is 0 Å². The molecule has 1 unspecified atom stereocenters. The van der Waals surface area contributed by atoms with Gasteiger partial charge in [0.05, 0.1) is 7.11 Å². The van der Waals surface area contributed by atoms with Crippen molar-refractivity contribution in [2.45, 2.75) is 37.8 Å². The number of benzene rings is 1. The Kier molecular flexibility index (Phi) is 4.37. The summed E-state index contributed by atoms with van der Waals surface area (Å²) in [5.74, 6) is -1.12. The van der Waals surface area contributed by atoms with Crippen LogP contribution in [0, 0.1) is 5.82 Å². The van der Waals surface area contributed by atoms with Crippen LogP contribution >= 0.6 is 0 Å². The van der Waals surface area contributed by atoms with Crippen LogP contribution in [0.1, 0.15) is 37.3 Å². The van der Waals surface area contributed by atoms with Crippen molar-refractivity contribution < 1.29 is 19.0 Å². The van der Waals surface area contributed by atoms with Crippen LogP contribution in [0.5, 0.6) is 5.75 Å². The molecule has 1 aliphatic rings. The van der Waals surface area contributed by atoms with Crippen LogP contribution in [0.3, 0.4) is 0 Å². The molecule has 0 heterocycles. The molecule has 2 N–H and O–H groups in total. The highest BCUT2D eigenvalue weighted by Gasteiger charge is 2.28. The Hall–Kier alpha value is -1.62. The average Bonchev–Trinajstić information content (AvgIpc) is 2.91. The Morgan fingerprint density at radius 3 is 2.79 bits per heavy atom. The van der Waals surface area contributed by atoms with Crippen molar-refractivity contribution in [3.8, 4) is 5.75 Å². The molecular weight excluding hydrogens is 249 g/mol. The van der Waals surface area contributed by atoms with Gasteiger partial charge in [-0.1, -0.05) is 12.8 Å². The standard InChI is InChI=1S/C14H18FNO3/c1-19-14(18)13(16-10-4-2-3-5-10)11-8-9(15)6-7-12(11)17/h6-8,10,13,16-17H,2-5H2,1H3. The van der Waals surface area contributed by atoms with Gasteiger partial charge in [-0.05, 0) is 31.0 Å². The van der Waals surface area contributed by atoms with Gasteiger partial charge in [0.2, 0.25) is 0 Å². The lowest BCUT2D eigenvalue weighted by molar-refractivity contribution is -0.143. The highest BCUT2D eigenvalue weighted by molar-refractivity contribution is 5.78. The molecule has 1 atom stereocenters. The summed E-state index contributed by atoms with van der Waals surface area (Å²) in [6, 6.07) is 2.94. The van der Waals surface area contributed by atoms with Crippen LogP contribution in [0.4, 0.5) is 4.39 Å². The first-order valence-corrected chi connectivity index (χ1v) is 6.44. The van der Waals surface area contributed by atoms with Crippen molar-refractivity contribution in [3.63, 3.8) is 0 Å². The maximum Gasteiger partial charge on any atom is 0.327 e. The fourth-order valence-corrected chi connectivity index (χ4v) is 2.49. The smallest absolute Gasteiger partial charge is 0.327 e. The highest BCUT2D eigenvalue weighted by Crippen LogP contribution is 2.28. The molecule has 1 fully saturated rings. The first-order chi connectivity index (χ1) is 9.11. The number of esters is 1. The van der Waals surface area contributed by atoms with E-state index in [-0.39, 0.29) is 17.4 Å². The molecule has 1 saturated carbocycles. The Morgan fingerprint density at radius 1 is 1.47 bits per heavy atom. The van der Waals surface area contributed by atoms with Gasteiger partial charge >= 0.3 is 5.97 Å². The maximum atomic E-state index is 13.3. The second-order valence-electron chi connectivity index (χ2n) is 4.81. The molecule has 0 aromatic heterocycles. The SMILES string of the molecule is COC(=O)C(NC1CCCC1)c1cc(F)ccc1O. The highest BCUT2D eigenvalue weighted by atomic mass is 19.1. The van der Waals surface area contributed by atoms with Crippen molar-refractivity contribution in [1.29, 1.82) is 0 Å². The van der Waals surface area contributed by atoms with Gasteiger partial charge in [0, 0.05) is 11.6 Å². The van der Waals surface area contributed by atoms with Crippen molar-refractivity contribution in [2.75, 3.05) is 7.11 Å². The average molecular weight is 267 g/mol. The topological polar surface area (TPSA) is 58.6 Å². The summed E-state index contributed by atoms with van der Waals surface area (Å²) in [4.78, 5) is 11.8. The summed E-state index contributed by atoms with van der Waals surface area (Å²) in [6.07, 6.45) is 4.18. The maximum absolute atomic E-state index is 13.3. The lowest BCUT2D eigenvalue weighted by atomic mass is 10.0. The molecule has 0 saturated heterocycles. The summed E-state index contributed by atoms with van der Waals surface area (Å²) >= 11 is 0. The van der Waals surface area contributed by atoms with E-state index >= 15 is 0 Å². The molecule has 1 aliphatic carbocycles. The third-order valence-electron chi connectivity index (χ3n) is 3.50. The summed E-state index contributed by atoms with van der Waals surface area (Å²) in [7, 11) is 1.28. The number of rotatable bonds is 4. The Labute approximate surface area is 111 Å². The Balaban J connectivity index is 2.25. The molecule has 5 heteroatoms. The minimum Gasteiger partial charge on any atom is -0.508 e. The van der Waals surface area contributed by atoms with E-state index in [4.69, 9.17) is 4.74 Å². The third kappa shape index (κ3) is 3.23. The Morgan fingerprint density at radius 2 is 2.16 bits per heavy atom. The third-order valence-corrected chi connectivity index (χ3v) is 3.50. The number of phenolic OH excluding ortho intramolecular Hbond substituents is 1. The fraction of sp³-hybridized carbons (Fsp3) is 0.500. The monoisotopic (exact) mass is 267 g/mol. The van der Waals surface area contributed by atoms with Crippen LogP contribution in [-0.2, 0) is 9.53 Å². The van der Waals surface area contributed by atoms with Gasteiger partial charge < -0.3 is 9.84 Å². The predicted molar refractivity (Wildman–Crippen MR) is 68.2 cm³/mol. The quantitative estimate of drug-likeness (QED) is 0.822.